The van der Waals surface area contributed by atoms with Gasteiger partial charge >= 0.3 is 0 Å². The fraction of sp³-hybridized carbons (Fsp3) is 0.438. The molecule has 2 N–H and O–H groups in total. The number of rotatable bonds is 4. The van der Waals surface area contributed by atoms with Gasteiger partial charge in [-0.05, 0) is 37.6 Å². The first-order valence-corrected chi connectivity index (χ1v) is 9.13. The van der Waals surface area contributed by atoms with Crippen LogP contribution in [0.5, 0.6) is 0 Å². The standard InChI is InChI=1S/C16H19BrN2O2S/c1-15(2,22(18)20)8-16(9-21-10-16)13-6-11(17)7-14-12(13)4-3-5-19-14/h3-7H,8-10,18H2,1-2H3. The van der Waals surface area contributed by atoms with E-state index in [2.05, 4.69) is 33.0 Å². The number of hydrogen-bond donors (Lipinski definition) is 1. The van der Waals surface area contributed by atoms with Crippen LogP contribution in [0, 0.1) is 0 Å². The molecule has 2 aromatic rings. The number of nitrogens with two attached hydrogens (primary N) is 1. The minimum absolute atomic E-state index is 0.163. The summed E-state index contributed by atoms with van der Waals surface area (Å²) in [5.74, 6) is 0. The van der Waals surface area contributed by atoms with Gasteiger partial charge in [-0.3, -0.25) is 4.98 Å². The first-order valence-electron chi connectivity index (χ1n) is 7.13. The Kier molecular flexibility index (Phi) is 4.24. The predicted molar refractivity (Wildman–Crippen MR) is 93.0 cm³/mol. The van der Waals surface area contributed by atoms with Gasteiger partial charge in [0.1, 0.15) is 4.75 Å². The lowest BCUT2D eigenvalue weighted by atomic mass is 9.71. The van der Waals surface area contributed by atoms with Crippen molar-refractivity contribution in [2.45, 2.75) is 30.4 Å². The molecule has 22 heavy (non-hydrogen) atoms. The van der Waals surface area contributed by atoms with E-state index < -0.39 is 16.1 Å². The van der Waals surface area contributed by atoms with E-state index in [-0.39, 0.29) is 5.41 Å². The molecule has 0 amide bonds. The highest BCUT2D eigenvalue weighted by molar-refractivity contribution is 9.10. The third-order valence-corrected chi connectivity index (χ3v) is 6.01. The maximum absolute atomic E-state index is 11.9. The Labute approximate surface area is 141 Å². The van der Waals surface area contributed by atoms with Crippen molar-refractivity contribution in [2.75, 3.05) is 13.2 Å². The smallest absolute Gasteiger partial charge is 0.140 e. The molecule has 6 heteroatoms. The molecule has 1 aromatic heterocycles. The fourth-order valence-corrected chi connectivity index (χ4v) is 4.04. The lowest BCUT2D eigenvalue weighted by Gasteiger charge is -2.46. The van der Waals surface area contributed by atoms with Crippen molar-refractivity contribution in [3.8, 4) is 0 Å². The summed E-state index contributed by atoms with van der Waals surface area (Å²) < 4.78 is 17.9. The zero-order valence-electron chi connectivity index (χ0n) is 12.6. The van der Waals surface area contributed by atoms with E-state index in [1.165, 1.54) is 5.56 Å². The third kappa shape index (κ3) is 2.78. The predicted octanol–water partition coefficient (Wildman–Crippen LogP) is 3.06. The molecule has 1 unspecified atom stereocenters. The molecule has 1 aliphatic heterocycles. The van der Waals surface area contributed by atoms with Crippen molar-refractivity contribution < 1.29 is 9.29 Å². The summed E-state index contributed by atoms with van der Waals surface area (Å²) in [6, 6.07) is 8.16. The molecule has 0 aliphatic carbocycles. The van der Waals surface area contributed by atoms with Gasteiger partial charge in [0.2, 0.25) is 0 Å². The van der Waals surface area contributed by atoms with Gasteiger partial charge < -0.3 is 9.29 Å². The highest BCUT2D eigenvalue weighted by atomic mass is 79.9. The molecule has 1 aromatic carbocycles. The van der Waals surface area contributed by atoms with Gasteiger partial charge in [0.15, 0.2) is 0 Å². The summed E-state index contributed by atoms with van der Waals surface area (Å²) in [5.41, 5.74) is 1.98. The van der Waals surface area contributed by atoms with Crippen molar-refractivity contribution in [3.05, 3.63) is 40.5 Å². The van der Waals surface area contributed by atoms with Crippen LogP contribution in [0.15, 0.2) is 34.9 Å². The molecule has 0 bridgehead atoms. The SMILES string of the molecule is CC(C)(CC1(c2cc(Br)cc3ncccc23)COC1)[S+](N)[O-]. The molecule has 1 atom stereocenters. The monoisotopic (exact) mass is 382 g/mol. The average Bonchev–Trinajstić information content (AvgIpc) is 2.42. The maximum Gasteiger partial charge on any atom is 0.140 e. The van der Waals surface area contributed by atoms with E-state index in [1.807, 2.05) is 26.0 Å². The zero-order valence-corrected chi connectivity index (χ0v) is 15.0. The lowest BCUT2D eigenvalue weighted by molar-refractivity contribution is -0.0673. The number of ether oxygens (including phenoxy) is 1. The topological polar surface area (TPSA) is 71.2 Å². The highest BCUT2D eigenvalue weighted by Crippen LogP contribution is 2.44. The lowest BCUT2D eigenvalue weighted by Crippen LogP contribution is -2.53. The van der Waals surface area contributed by atoms with E-state index in [0.29, 0.717) is 19.6 Å². The first kappa shape index (κ1) is 16.2. The second kappa shape index (κ2) is 5.76. The van der Waals surface area contributed by atoms with Crippen molar-refractivity contribution >= 4 is 38.2 Å². The fourth-order valence-electron chi connectivity index (χ4n) is 3.17. The van der Waals surface area contributed by atoms with Crippen LogP contribution in [0.1, 0.15) is 25.8 Å². The molecule has 0 spiro atoms. The van der Waals surface area contributed by atoms with E-state index in [0.717, 1.165) is 15.4 Å². The quantitative estimate of drug-likeness (QED) is 0.824. The Morgan fingerprint density at radius 1 is 1.45 bits per heavy atom. The molecule has 3 rings (SSSR count). The van der Waals surface area contributed by atoms with Crippen molar-refractivity contribution in [1.29, 1.82) is 0 Å². The zero-order chi connectivity index (χ0) is 16.0. The Morgan fingerprint density at radius 3 is 2.77 bits per heavy atom. The number of nitrogens with zero attached hydrogens (tertiary/aromatic N) is 1. The second-order valence-electron chi connectivity index (χ2n) is 6.53. The van der Waals surface area contributed by atoms with Crippen molar-refractivity contribution in [2.24, 2.45) is 5.14 Å². The average molecular weight is 383 g/mol. The molecule has 4 nitrogen and oxygen atoms in total. The van der Waals surface area contributed by atoms with Crippen molar-refractivity contribution in [3.63, 3.8) is 0 Å². The molecule has 1 aliphatic rings. The van der Waals surface area contributed by atoms with Crippen LogP contribution in [-0.4, -0.2) is 27.5 Å². The molecule has 118 valence electrons. The summed E-state index contributed by atoms with van der Waals surface area (Å²) in [7, 11) is 0. The summed E-state index contributed by atoms with van der Waals surface area (Å²) in [6.07, 6.45) is 2.50. The number of hydrogen-bond acceptors (Lipinski definition) is 4. The summed E-state index contributed by atoms with van der Waals surface area (Å²) in [6.45, 7) is 5.13. The second-order valence-corrected chi connectivity index (χ2v) is 9.15. The Bertz CT molecular complexity index is 702. The van der Waals surface area contributed by atoms with Gasteiger partial charge in [0.05, 0.1) is 18.7 Å². The summed E-state index contributed by atoms with van der Waals surface area (Å²) in [4.78, 5) is 4.45. The van der Waals surface area contributed by atoms with E-state index in [9.17, 15) is 4.55 Å². The Hall–Kier alpha value is -0.660. The normalized spacial score (nSPS) is 19.0. The number of pyridine rings is 1. The largest absolute Gasteiger partial charge is 0.598 e. The minimum atomic E-state index is -1.39. The maximum atomic E-state index is 11.9. The van der Waals surface area contributed by atoms with Gasteiger partial charge in [-0.1, -0.05) is 22.0 Å². The van der Waals surface area contributed by atoms with E-state index >= 15 is 0 Å². The molecule has 2 heterocycles. The molecule has 0 radical (unpaired) electrons. The third-order valence-electron chi connectivity index (χ3n) is 4.32. The van der Waals surface area contributed by atoms with Crippen LogP contribution >= 0.6 is 15.9 Å². The number of aromatic nitrogens is 1. The number of benzene rings is 1. The summed E-state index contributed by atoms with van der Waals surface area (Å²) >= 11 is 2.19. The Balaban J connectivity index is 2.11. The minimum Gasteiger partial charge on any atom is -0.598 e. The van der Waals surface area contributed by atoms with Gasteiger partial charge in [-0.25, -0.2) is 0 Å². The van der Waals surface area contributed by atoms with Gasteiger partial charge in [-0.2, -0.15) is 5.14 Å². The van der Waals surface area contributed by atoms with Gasteiger partial charge in [0, 0.05) is 39.3 Å². The van der Waals surface area contributed by atoms with Crippen LogP contribution in [0.25, 0.3) is 10.9 Å². The Morgan fingerprint density at radius 2 is 2.18 bits per heavy atom. The first-order chi connectivity index (χ1) is 10.3. The van der Waals surface area contributed by atoms with Gasteiger partial charge in [0.25, 0.3) is 0 Å². The van der Waals surface area contributed by atoms with Crippen LogP contribution in [0.4, 0.5) is 0 Å². The van der Waals surface area contributed by atoms with E-state index in [1.54, 1.807) is 6.20 Å². The molecule has 1 saturated heterocycles. The van der Waals surface area contributed by atoms with Gasteiger partial charge in [-0.15, -0.1) is 0 Å². The molecular formula is C16H19BrN2O2S. The molecule has 0 saturated carbocycles. The number of fused-ring (bicyclic) bond motifs is 1. The number of halogens is 1. The van der Waals surface area contributed by atoms with Crippen LogP contribution in [0.2, 0.25) is 0 Å². The van der Waals surface area contributed by atoms with E-state index in [4.69, 9.17) is 9.88 Å². The van der Waals surface area contributed by atoms with Crippen LogP contribution in [0.3, 0.4) is 0 Å². The summed E-state index contributed by atoms with van der Waals surface area (Å²) in [5, 5.41) is 6.80. The van der Waals surface area contributed by atoms with Crippen LogP contribution in [-0.2, 0) is 21.5 Å². The van der Waals surface area contributed by atoms with Crippen LogP contribution < -0.4 is 5.14 Å². The molecule has 1 fully saturated rings. The molecular weight excluding hydrogens is 364 g/mol. The van der Waals surface area contributed by atoms with Crippen molar-refractivity contribution in [1.82, 2.24) is 4.98 Å². The highest BCUT2D eigenvalue weighted by Gasteiger charge is 2.49.